The van der Waals surface area contributed by atoms with Gasteiger partial charge in [0.2, 0.25) is 0 Å². The molecule has 0 amide bonds. The van der Waals surface area contributed by atoms with Gasteiger partial charge in [0.1, 0.15) is 4.88 Å². The van der Waals surface area contributed by atoms with Crippen LogP contribution >= 0.6 is 11.3 Å². The van der Waals surface area contributed by atoms with Gasteiger partial charge in [0.25, 0.3) is 0 Å². The van der Waals surface area contributed by atoms with Gasteiger partial charge in [-0.1, -0.05) is 0 Å². The summed E-state index contributed by atoms with van der Waals surface area (Å²) in [4.78, 5) is 12.4. The molecule has 2 heterocycles. The third-order valence-electron chi connectivity index (χ3n) is 3.32. The lowest BCUT2D eigenvalue weighted by molar-refractivity contribution is 0.0662. The summed E-state index contributed by atoms with van der Waals surface area (Å²) in [5.74, 6) is -0.143. The summed E-state index contributed by atoms with van der Waals surface area (Å²) in [6.45, 7) is 5.45. The molecular weight excluding hydrogens is 250 g/mol. The molecular formula is C13H19NO3S. The van der Waals surface area contributed by atoms with E-state index in [-0.39, 0.29) is 0 Å². The van der Waals surface area contributed by atoms with Crippen molar-refractivity contribution in [3.05, 3.63) is 21.4 Å². The summed E-state index contributed by atoms with van der Waals surface area (Å²) in [5, 5.41) is 12.4. The molecule has 0 atom stereocenters. The Morgan fingerprint density at radius 3 is 2.89 bits per heavy atom. The molecule has 0 saturated carbocycles. The number of ether oxygens (including phenoxy) is 1. The second-order valence-electron chi connectivity index (χ2n) is 4.68. The van der Waals surface area contributed by atoms with Crippen molar-refractivity contribution >= 4 is 17.3 Å². The lowest BCUT2D eigenvalue weighted by Crippen LogP contribution is -2.27. The van der Waals surface area contributed by atoms with Crippen molar-refractivity contribution in [2.45, 2.75) is 26.3 Å². The average Bonchev–Trinajstić information content (AvgIpc) is 2.73. The molecule has 2 N–H and O–H groups in total. The van der Waals surface area contributed by atoms with Crippen molar-refractivity contribution in [3.8, 4) is 0 Å². The van der Waals surface area contributed by atoms with Gasteiger partial charge in [-0.3, -0.25) is 0 Å². The summed E-state index contributed by atoms with van der Waals surface area (Å²) in [6.07, 6.45) is 2.24. The van der Waals surface area contributed by atoms with Crippen LogP contribution in [0.5, 0.6) is 0 Å². The third-order valence-corrected chi connectivity index (χ3v) is 4.40. The van der Waals surface area contributed by atoms with Crippen molar-refractivity contribution in [3.63, 3.8) is 0 Å². The van der Waals surface area contributed by atoms with Crippen molar-refractivity contribution in [1.29, 1.82) is 0 Å². The minimum Gasteiger partial charge on any atom is -0.477 e. The van der Waals surface area contributed by atoms with Gasteiger partial charge < -0.3 is 15.2 Å². The lowest BCUT2D eigenvalue weighted by atomic mass is 10.0. The zero-order chi connectivity index (χ0) is 13.0. The molecule has 0 radical (unpaired) electrons. The van der Waals surface area contributed by atoms with Crippen molar-refractivity contribution < 1.29 is 14.6 Å². The number of carboxylic acid groups (broad SMARTS) is 1. The van der Waals surface area contributed by atoms with E-state index in [1.807, 2.05) is 6.92 Å². The lowest BCUT2D eigenvalue weighted by Gasteiger charge is -2.22. The number of aromatic carboxylic acids is 1. The van der Waals surface area contributed by atoms with Crippen molar-refractivity contribution in [2.75, 3.05) is 19.8 Å². The number of thiophene rings is 1. The largest absolute Gasteiger partial charge is 0.477 e. The molecule has 2 rings (SSSR count). The normalized spacial score (nSPS) is 16.9. The van der Waals surface area contributed by atoms with Gasteiger partial charge in [0.05, 0.1) is 0 Å². The zero-order valence-electron chi connectivity index (χ0n) is 10.6. The van der Waals surface area contributed by atoms with Crippen LogP contribution in [-0.2, 0) is 11.3 Å². The van der Waals surface area contributed by atoms with Gasteiger partial charge in [-0.15, -0.1) is 11.3 Å². The number of carboxylic acids is 1. The number of hydrogen-bond donors (Lipinski definition) is 2. The summed E-state index contributed by atoms with van der Waals surface area (Å²) >= 11 is 1.35. The fraction of sp³-hybridized carbons (Fsp3) is 0.615. The van der Waals surface area contributed by atoms with Crippen molar-refractivity contribution in [2.24, 2.45) is 5.92 Å². The maximum absolute atomic E-state index is 10.9. The van der Waals surface area contributed by atoms with Gasteiger partial charge in [-0.2, -0.15) is 0 Å². The third kappa shape index (κ3) is 3.54. The van der Waals surface area contributed by atoms with Crippen LogP contribution in [0.3, 0.4) is 0 Å². The van der Waals surface area contributed by atoms with E-state index in [1.54, 1.807) is 6.07 Å². The van der Waals surface area contributed by atoms with E-state index in [4.69, 9.17) is 9.84 Å². The van der Waals surface area contributed by atoms with E-state index in [2.05, 4.69) is 5.32 Å². The molecule has 0 spiro atoms. The number of hydrogen-bond acceptors (Lipinski definition) is 4. The molecule has 1 aromatic rings. The predicted octanol–water partition coefficient (Wildman–Crippen LogP) is 2.27. The Balaban J connectivity index is 1.80. The topological polar surface area (TPSA) is 58.6 Å². The molecule has 0 aliphatic carbocycles. The first kappa shape index (κ1) is 13.5. The summed E-state index contributed by atoms with van der Waals surface area (Å²) in [5.41, 5.74) is 1.10. The molecule has 1 aliphatic rings. The van der Waals surface area contributed by atoms with Crippen molar-refractivity contribution in [1.82, 2.24) is 5.32 Å². The molecule has 0 aromatic carbocycles. The molecule has 100 valence electrons. The molecule has 1 fully saturated rings. The van der Waals surface area contributed by atoms with E-state index in [0.29, 0.717) is 10.8 Å². The molecule has 1 saturated heterocycles. The Bertz CT molecular complexity index is 410. The highest BCUT2D eigenvalue weighted by atomic mass is 32.1. The number of carbonyl (C=O) groups is 1. The molecule has 4 nitrogen and oxygen atoms in total. The molecule has 18 heavy (non-hydrogen) atoms. The maximum atomic E-state index is 10.9. The van der Waals surface area contributed by atoms with Gasteiger partial charge in [-0.25, -0.2) is 4.79 Å². The number of nitrogens with one attached hydrogen (secondary N) is 1. The maximum Gasteiger partial charge on any atom is 0.345 e. The first-order valence-corrected chi connectivity index (χ1v) is 7.09. The Labute approximate surface area is 111 Å². The first-order chi connectivity index (χ1) is 8.66. The van der Waals surface area contributed by atoms with E-state index in [1.165, 1.54) is 11.3 Å². The minimum absolute atomic E-state index is 0.426. The van der Waals surface area contributed by atoms with E-state index < -0.39 is 5.97 Å². The van der Waals surface area contributed by atoms with Crippen LogP contribution in [0, 0.1) is 12.8 Å². The second kappa shape index (κ2) is 6.31. The summed E-state index contributed by atoms with van der Waals surface area (Å²) < 4.78 is 5.32. The Kier molecular flexibility index (Phi) is 4.74. The molecule has 5 heteroatoms. The van der Waals surface area contributed by atoms with E-state index >= 15 is 0 Å². The van der Waals surface area contributed by atoms with Crippen LogP contribution in [0.2, 0.25) is 0 Å². The Morgan fingerprint density at radius 1 is 1.56 bits per heavy atom. The fourth-order valence-corrected chi connectivity index (χ4v) is 3.04. The van der Waals surface area contributed by atoms with E-state index in [0.717, 1.165) is 49.6 Å². The quantitative estimate of drug-likeness (QED) is 0.861. The highest BCUT2D eigenvalue weighted by Gasteiger charge is 2.14. The van der Waals surface area contributed by atoms with E-state index in [9.17, 15) is 4.79 Å². The summed E-state index contributed by atoms with van der Waals surface area (Å²) in [6, 6.07) is 1.78. The SMILES string of the molecule is Cc1sc(C(=O)O)cc1CNCC1CCOCC1. The fourth-order valence-electron chi connectivity index (χ4n) is 2.16. The molecule has 1 aromatic heterocycles. The highest BCUT2D eigenvalue weighted by Crippen LogP contribution is 2.21. The Hall–Kier alpha value is -0.910. The second-order valence-corrected chi connectivity index (χ2v) is 5.94. The predicted molar refractivity (Wildman–Crippen MR) is 71.3 cm³/mol. The minimum atomic E-state index is -0.834. The van der Waals surface area contributed by atoms with Crippen LogP contribution in [0.25, 0.3) is 0 Å². The Morgan fingerprint density at radius 2 is 2.28 bits per heavy atom. The van der Waals surface area contributed by atoms with Crippen LogP contribution in [-0.4, -0.2) is 30.8 Å². The average molecular weight is 269 g/mol. The zero-order valence-corrected chi connectivity index (χ0v) is 11.4. The van der Waals surface area contributed by atoms with Crippen LogP contribution in [0.1, 0.15) is 33.0 Å². The van der Waals surface area contributed by atoms with Gasteiger partial charge >= 0.3 is 5.97 Å². The standard InChI is InChI=1S/C13H19NO3S/c1-9-11(6-12(18-9)13(15)16)8-14-7-10-2-4-17-5-3-10/h6,10,14H,2-5,7-8H2,1H3,(H,15,16). The van der Waals surface area contributed by atoms with Crippen LogP contribution < -0.4 is 5.32 Å². The van der Waals surface area contributed by atoms with Gasteiger partial charge in [0.15, 0.2) is 0 Å². The molecule has 0 unspecified atom stereocenters. The monoisotopic (exact) mass is 269 g/mol. The summed E-state index contributed by atoms with van der Waals surface area (Å²) in [7, 11) is 0. The smallest absolute Gasteiger partial charge is 0.345 e. The number of aryl methyl sites for hydroxylation is 1. The molecule has 1 aliphatic heterocycles. The van der Waals surface area contributed by atoms with Gasteiger partial charge in [-0.05, 0) is 43.9 Å². The first-order valence-electron chi connectivity index (χ1n) is 6.28. The van der Waals surface area contributed by atoms with Gasteiger partial charge in [0, 0.05) is 24.6 Å². The van der Waals surface area contributed by atoms with Crippen LogP contribution in [0.4, 0.5) is 0 Å². The highest BCUT2D eigenvalue weighted by molar-refractivity contribution is 7.14. The van der Waals surface area contributed by atoms with Crippen LogP contribution in [0.15, 0.2) is 6.07 Å². The number of rotatable bonds is 5. The molecule has 0 bridgehead atoms.